The van der Waals surface area contributed by atoms with Crippen molar-refractivity contribution >= 4 is 17.8 Å². The highest BCUT2D eigenvalue weighted by Crippen LogP contribution is 2.25. The largest absolute Gasteiger partial charge is 0.332 e. The Bertz CT molecular complexity index is 189. The Morgan fingerprint density at radius 2 is 2.67 bits per heavy atom. The van der Waals surface area contributed by atoms with Gasteiger partial charge in [-0.2, -0.15) is 0 Å². The Labute approximate surface area is 57.1 Å². The van der Waals surface area contributed by atoms with Gasteiger partial charge >= 0.3 is 6.03 Å². The number of amides is 2. The summed E-state index contributed by atoms with van der Waals surface area (Å²) in [5, 5.41) is 4.75. The first-order valence-electron chi connectivity index (χ1n) is 2.74. The van der Waals surface area contributed by atoms with Crippen LogP contribution in [0.5, 0.6) is 0 Å². The normalized spacial score (nSPS) is 23.8. The fourth-order valence-electron chi connectivity index (χ4n) is 0.942. The topological polar surface area (TPSA) is 32.3 Å². The van der Waals surface area contributed by atoms with Crippen LogP contribution in [0.15, 0.2) is 11.1 Å². The average molecular weight is 142 g/mol. The zero-order valence-corrected chi connectivity index (χ0v) is 5.57. The van der Waals surface area contributed by atoms with Crippen LogP contribution in [0.3, 0.4) is 0 Å². The van der Waals surface area contributed by atoms with E-state index in [0.717, 1.165) is 11.6 Å². The second kappa shape index (κ2) is 1.67. The zero-order chi connectivity index (χ0) is 6.27. The highest BCUT2D eigenvalue weighted by Gasteiger charge is 2.27. The molecule has 2 aliphatic heterocycles. The highest BCUT2D eigenvalue weighted by molar-refractivity contribution is 8.02. The summed E-state index contributed by atoms with van der Waals surface area (Å²) in [4.78, 5) is 12.6. The minimum atomic E-state index is 0.0475. The molecule has 0 bridgehead atoms. The number of urea groups is 1. The number of carbonyl (C=O) groups is 1. The van der Waals surface area contributed by atoms with Gasteiger partial charge in [0, 0.05) is 5.70 Å². The van der Waals surface area contributed by atoms with Crippen molar-refractivity contribution in [2.45, 2.75) is 0 Å². The molecule has 0 unspecified atom stereocenters. The van der Waals surface area contributed by atoms with Gasteiger partial charge in [-0.1, -0.05) is 0 Å². The Hall–Kier alpha value is -0.640. The van der Waals surface area contributed by atoms with E-state index >= 15 is 0 Å². The lowest BCUT2D eigenvalue weighted by Gasteiger charge is -2.05. The van der Waals surface area contributed by atoms with Gasteiger partial charge in [-0.25, -0.2) is 4.79 Å². The third-order valence-electron chi connectivity index (χ3n) is 1.44. The summed E-state index contributed by atoms with van der Waals surface area (Å²) in [7, 11) is 0. The fourth-order valence-corrected chi connectivity index (χ4v) is 1.85. The van der Waals surface area contributed by atoms with Crippen LogP contribution in [-0.2, 0) is 0 Å². The van der Waals surface area contributed by atoms with Gasteiger partial charge in [-0.15, -0.1) is 11.8 Å². The van der Waals surface area contributed by atoms with Crippen molar-refractivity contribution in [3.05, 3.63) is 11.1 Å². The van der Waals surface area contributed by atoms with Gasteiger partial charge < -0.3 is 5.32 Å². The van der Waals surface area contributed by atoms with E-state index < -0.39 is 0 Å². The molecule has 3 nitrogen and oxygen atoms in total. The number of thioether (sulfide) groups is 1. The summed E-state index contributed by atoms with van der Waals surface area (Å²) >= 11 is 1.67. The van der Waals surface area contributed by atoms with Gasteiger partial charge in [0.2, 0.25) is 0 Å². The molecule has 0 atom stereocenters. The van der Waals surface area contributed by atoms with Gasteiger partial charge in [0.15, 0.2) is 0 Å². The summed E-state index contributed by atoms with van der Waals surface area (Å²) in [5.74, 6) is 0.793. The molecular weight excluding hydrogens is 136 g/mol. The zero-order valence-electron chi connectivity index (χ0n) is 4.76. The van der Waals surface area contributed by atoms with Crippen molar-refractivity contribution < 1.29 is 4.79 Å². The van der Waals surface area contributed by atoms with E-state index in [1.54, 1.807) is 16.7 Å². The van der Waals surface area contributed by atoms with E-state index in [4.69, 9.17) is 0 Å². The maximum Gasteiger partial charge on any atom is 0.322 e. The number of hydrogen-bond acceptors (Lipinski definition) is 2. The lowest BCUT2D eigenvalue weighted by molar-refractivity contribution is 0.229. The van der Waals surface area contributed by atoms with E-state index in [1.165, 1.54) is 0 Å². The molecule has 0 aromatic carbocycles. The molecule has 4 heteroatoms. The maximum absolute atomic E-state index is 10.8. The number of rotatable bonds is 0. The van der Waals surface area contributed by atoms with Crippen LogP contribution in [0.25, 0.3) is 0 Å². The van der Waals surface area contributed by atoms with Crippen LogP contribution < -0.4 is 5.32 Å². The van der Waals surface area contributed by atoms with E-state index in [1.807, 2.05) is 5.41 Å². The molecule has 0 saturated carbocycles. The van der Waals surface area contributed by atoms with Crippen molar-refractivity contribution in [2.75, 3.05) is 12.4 Å². The smallest absolute Gasteiger partial charge is 0.322 e. The van der Waals surface area contributed by atoms with Crippen LogP contribution >= 0.6 is 11.8 Å². The molecule has 2 amide bonds. The Morgan fingerprint density at radius 3 is 3.44 bits per heavy atom. The Kier molecular flexibility index (Phi) is 0.958. The number of nitrogens with zero attached hydrogens (tertiary/aromatic N) is 1. The van der Waals surface area contributed by atoms with Gasteiger partial charge in [0.25, 0.3) is 0 Å². The molecule has 48 valence electrons. The van der Waals surface area contributed by atoms with Crippen LogP contribution in [-0.4, -0.2) is 23.4 Å². The number of nitrogens with one attached hydrogen (secondary N) is 1. The van der Waals surface area contributed by atoms with Gasteiger partial charge in [0.1, 0.15) is 0 Å². The Balaban J connectivity index is 2.29. The van der Waals surface area contributed by atoms with Crippen LogP contribution in [0.4, 0.5) is 4.79 Å². The number of hydrogen-bond donors (Lipinski definition) is 1. The van der Waals surface area contributed by atoms with Crippen molar-refractivity contribution in [1.82, 2.24) is 10.2 Å². The third kappa shape index (κ3) is 0.627. The molecule has 1 fully saturated rings. The number of carbonyl (C=O) groups excluding carboxylic acids is 1. The molecule has 2 aliphatic rings. The van der Waals surface area contributed by atoms with Crippen molar-refractivity contribution in [3.8, 4) is 0 Å². The summed E-state index contributed by atoms with van der Waals surface area (Å²) in [6, 6.07) is 0.0475. The molecular formula is C5H6N2OS. The molecule has 1 N–H and O–H groups in total. The molecule has 0 radical (unpaired) electrons. The fraction of sp³-hybridized carbons (Fsp3) is 0.400. The van der Waals surface area contributed by atoms with Crippen LogP contribution in [0.1, 0.15) is 0 Å². The van der Waals surface area contributed by atoms with Crippen LogP contribution in [0, 0.1) is 0 Å². The first-order valence-corrected chi connectivity index (χ1v) is 3.79. The summed E-state index contributed by atoms with van der Waals surface area (Å²) in [5.41, 5.74) is 1.12. The van der Waals surface area contributed by atoms with E-state index in [-0.39, 0.29) is 6.03 Å². The second-order valence-corrected chi connectivity index (χ2v) is 2.82. The van der Waals surface area contributed by atoms with Crippen molar-refractivity contribution in [1.29, 1.82) is 0 Å². The SMILES string of the molecule is O=C1NCC2=CSCN12. The first kappa shape index (κ1) is 5.17. The predicted octanol–water partition coefficient (Wildman–Crippen LogP) is 0.557. The summed E-state index contributed by atoms with van der Waals surface area (Å²) < 4.78 is 0. The average Bonchev–Trinajstić information content (AvgIpc) is 2.35. The lowest BCUT2D eigenvalue weighted by Crippen LogP contribution is -2.25. The Morgan fingerprint density at radius 1 is 1.78 bits per heavy atom. The van der Waals surface area contributed by atoms with Gasteiger partial charge in [-0.3, -0.25) is 4.90 Å². The van der Waals surface area contributed by atoms with Crippen LogP contribution in [0.2, 0.25) is 0 Å². The molecule has 2 rings (SSSR count). The molecule has 0 aromatic heterocycles. The lowest BCUT2D eigenvalue weighted by atomic mass is 10.5. The van der Waals surface area contributed by atoms with E-state index in [0.29, 0.717) is 6.54 Å². The maximum atomic E-state index is 10.8. The number of fused-ring (bicyclic) bond motifs is 1. The summed E-state index contributed by atoms with van der Waals surface area (Å²) in [6.07, 6.45) is 0. The molecule has 1 saturated heterocycles. The van der Waals surface area contributed by atoms with Gasteiger partial charge in [-0.05, 0) is 5.41 Å². The first-order chi connectivity index (χ1) is 4.38. The standard InChI is InChI=1S/C5H6N2OS/c8-5-6-1-4-2-9-3-7(4)5/h2H,1,3H2,(H,6,8). The molecule has 9 heavy (non-hydrogen) atoms. The quantitative estimate of drug-likeness (QED) is 0.536. The minimum Gasteiger partial charge on any atom is -0.332 e. The summed E-state index contributed by atoms with van der Waals surface area (Å²) in [6.45, 7) is 0.714. The highest BCUT2D eigenvalue weighted by atomic mass is 32.2. The van der Waals surface area contributed by atoms with Crippen molar-refractivity contribution in [2.24, 2.45) is 0 Å². The van der Waals surface area contributed by atoms with Gasteiger partial charge in [0.05, 0.1) is 12.4 Å². The monoisotopic (exact) mass is 142 g/mol. The predicted molar refractivity (Wildman–Crippen MR) is 35.8 cm³/mol. The van der Waals surface area contributed by atoms with Crippen molar-refractivity contribution in [3.63, 3.8) is 0 Å². The van der Waals surface area contributed by atoms with E-state index in [9.17, 15) is 4.79 Å². The molecule has 2 heterocycles. The minimum absolute atomic E-state index is 0.0475. The van der Waals surface area contributed by atoms with E-state index in [2.05, 4.69) is 5.32 Å². The molecule has 0 aromatic rings. The molecule has 0 spiro atoms. The third-order valence-corrected chi connectivity index (χ3v) is 2.28. The second-order valence-electron chi connectivity index (χ2n) is 1.99. The molecule has 0 aliphatic carbocycles.